The highest BCUT2D eigenvalue weighted by atomic mass is 16.4. The van der Waals surface area contributed by atoms with Gasteiger partial charge in [0.05, 0.1) is 11.1 Å². The number of carboxylic acids is 1. The third-order valence-electron chi connectivity index (χ3n) is 4.09. The predicted molar refractivity (Wildman–Crippen MR) is 81.8 cm³/mol. The number of rotatable bonds is 5. The lowest BCUT2D eigenvalue weighted by atomic mass is 9.95. The molecule has 0 spiro atoms. The molecule has 0 heterocycles. The number of aromatic carboxylic acids is 1. The summed E-state index contributed by atoms with van der Waals surface area (Å²) in [5.41, 5.74) is 1.84. The van der Waals surface area contributed by atoms with Crippen LogP contribution in [0.5, 0.6) is 0 Å². The van der Waals surface area contributed by atoms with Gasteiger partial charge in [0.15, 0.2) is 0 Å². The molecular weight excluding hydrogens is 266 g/mol. The maximum atomic E-state index is 12.9. The summed E-state index contributed by atoms with van der Waals surface area (Å²) in [7, 11) is 0. The Bertz CT molecular complexity index is 574. The largest absolute Gasteiger partial charge is 0.478 e. The highest BCUT2D eigenvalue weighted by Crippen LogP contribution is 2.31. The van der Waals surface area contributed by atoms with Gasteiger partial charge in [-0.2, -0.15) is 0 Å². The molecule has 1 N–H and O–H groups in total. The average molecular weight is 289 g/mol. The highest BCUT2D eigenvalue weighted by Gasteiger charge is 2.31. The van der Waals surface area contributed by atoms with Gasteiger partial charge in [-0.3, -0.25) is 4.79 Å². The molecule has 1 aliphatic rings. The Hall–Kier alpha value is -1.84. The van der Waals surface area contributed by atoms with Crippen LogP contribution in [-0.4, -0.2) is 34.5 Å². The Labute approximate surface area is 125 Å². The van der Waals surface area contributed by atoms with E-state index in [2.05, 4.69) is 0 Å². The van der Waals surface area contributed by atoms with Crippen molar-refractivity contribution >= 4 is 11.9 Å². The fourth-order valence-electron chi connectivity index (χ4n) is 2.61. The van der Waals surface area contributed by atoms with Gasteiger partial charge in [-0.05, 0) is 57.6 Å². The van der Waals surface area contributed by atoms with Crippen molar-refractivity contribution in [3.63, 3.8) is 0 Å². The van der Waals surface area contributed by atoms with Gasteiger partial charge in [-0.25, -0.2) is 4.79 Å². The maximum absolute atomic E-state index is 12.9. The van der Waals surface area contributed by atoms with E-state index in [4.69, 9.17) is 0 Å². The third-order valence-corrected chi connectivity index (χ3v) is 4.09. The fraction of sp³-hybridized carbons (Fsp3) is 0.529. The summed E-state index contributed by atoms with van der Waals surface area (Å²) < 4.78 is 0. The summed E-state index contributed by atoms with van der Waals surface area (Å²) in [6.07, 6.45) is 2.32. The zero-order valence-corrected chi connectivity index (χ0v) is 13.1. The van der Waals surface area contributed by atoms with Crippen LogP contribution in [-0.2, 0) is 0 Å². The standard InChI is InChI=1S/C17H23NO3/c1-10(2)18(9-13-7-8-13)16(19)14-11(3)5-6-12(4)15(14)17(20)21/h5-6,10,13H,7-9H2,1-4H3,(H,20,21). The van der Waals surface area contributed by atoms with Crippen LogP contribution in [0.3, 0.4) is 0 Å². The number of carbonyl (C=O) groups is 2. The van der Waals surface area contributed by atoms with Crippen molar-refractivity contribution in [3.8, 4) is 0 Å². The van der Waals surface area contributed by atoms with Crippen molar-refractivity contribution in [2.24, 2.45) is 5.92 Å². The van der Waals surface area contributed by atoms with Crippen molar-refractivity contribution in [2.45, 2.75) is 46.6 Å². The van der Waals surface area contributed by atoms with Gasteiger partial charge in [0.1, 0.15) is 0 Å². The molecule has 0 bridgehead atoms. The second-order valence-electron chi connectivity index (χ2n) is 6.25. The molecule has 1 aromatic carbocycles. The zero-order chi connectivity index (χ0) is 15.7. The summed E-state index contributed by atoms with van der Waals surface area (Å²) in [4.78, 5) is 26.3. The number of amides is 1. The lowest BCUT2D eigenvalue weighted by Crippen LogP contribution is -2.39. The Morgan fingerprint density at radius 3 is 2.14 bits per heavy atom. The fourth-order valence-corrected chi connectivity index (χ4v) is 2.61. The first-order chi connectivity index (χ1) is 9.82. The van der Waals surface area contributed by atoms with Gasteiger partial charge in [0, 0.05) is 12.6 Å². The molecule has 1 fully saturated rings. The molecule has 0 aromatic heterocycles. The molecular formula is C17H23NO3. The van der Waals surface area contributed by atoms with Crippen LogP contribution < -0.4 is 0 Å². The third kappa shape index (κ3) is 3.26. The molecule has 0 atom stereocenters. The Morgan fingerprint density at radius 1 is 1.19 bits per heavy atom. The van der Waals surface area contributed by atoms with Crippen molar-refractivity contribution < 1.29 is 14.7 Å². The topological polar surface area (TPSA) is 57.6 Å². The molecule has 4 heteroatoms. The van der Waals surface area contributed by atoms with Gasteiger partial charge in [0.25, 0.3) is 5.91 Å². The summed E-state index contributed by atoms with van der Waals surface area (Å²) in [6.45, 7) is 8.22. The van der Waals surface area contributed by atoms with Crippen molar-refractivity contribution in [3.05, 3.63) is 34.4 Å². The van der Waals surface area contributed by atoms with Gasteiger partial charge in [0.2, 0.25) is 0 Å². The summed E-state index contributed by atoms with van der Waals surface area (Å²) in [6, 6.07) is 3.65. The molecule has 0 unspecified atom stereocenters. The number of carboxylic acid groups (broad SMARTS) is 1. The van der Waals surface area contributed by atoms with E-state index in [0.29, 0.717) is 17.0 Å². The van der Waals surface area contributed by atoms with E-state index in [1.165, 1.54) is 0 Å². The van der Waals surface area contributed by atoms with Crippen LogP contribution in [0.1, 0.15) is 58.5 Å². The molecule has 1 aliphatic carbocycles. The van der Waals surface area contributed by atoms with Crippen LogP contribution in [0, 0.1) is 19.8 Å². The molecule has 0 radical (unpaired) electrons. The molecule has 1 aromatic rings. The Balaban J connectivity index is 2.45. The predicted octanol–water partition coefficient (Wildman–Crippen LogP) is 3.26. The zero-order valence-electron chi connectivity index (χ0n) is 13.1. The second kappa shape index (κ2) is 5.88. The first kappa shape index (κ1) is 15.5. The minimum Gasteiger partial charge on any atom is -0.478 e. The number of hydrogen-bond acceptors (Lipinski definition) is 2. The van der Waals surface area contributed by atoms with E-state index >= 15 is 0 Å². The van der Waals surface area contributed by atoms with Crippen molar-refractivity contribution in [1.29, 1.82) is 0 Å². The number of aryl methyl sites for hydroxylation is 2. The lowest BCUT2D eigenvalue weighted by Gasteiger charge is -2.28. The molecule has 1 amide bonds. The van der Waals surface area contributed by atoms with Gasteiger partial charge in [-0.1, -0.05) is 12.1 Å². The molecule has 2 rings (SSSR count). The van der Waals surface area contributed by atoms with Crippen LogP contribution in [0.15, 0.2) is 12.1 Å². The van der Waals surface area contributed by atoms with E-state index in [0.717, 1.165) is 24.9 Å². The molecule has 114 valence electrons. The van der Waals surface area contributed by atoms with Crippen LogP contribution >= 0.6 is 0 Å². The molecule has 21 heavy (non-hydrogen) atoms. The molecule has 0 aliphatic heterocycles. The van der Waals surface area contributed by atoms with E-state index in [1.807, 2.05) is 24.8 Å². The summed E-state index contributed by atoms with van der Waals surface area (Å²) in [5, 5.41) is 9.46. The molecule has 0 saturated heterocycles. The first-order valence-corrected chi connectivity index (χ1v) is 7.47. The van der Waals surface area contributed by atoms with Gasteiger partial charge in [-0.15, -0.1) is 0 Å². The maximum Gasteiger partial charge on any atom is 0.336 e. The van der Waals surface area contributed by atoms with E-state index in [1.54, 1.807) is 19.9 Å². The van der Waals surface area contributed by atoms with E-state index in [-0.39, 0.29) is 17.5 Å². The average Bonchev–Trinajstić information content (AvgIpc) is 3.20. The first-order valence-electron chi connectivity index (χ1n) is 7.47. The Kier molecular flexibility index (Phi) is 4.35. The number of hydrogen-bond donors (Lipinski definition) is 1. The summed E-state index contributed by atoms with van der Waals surface area (Å²) >= 11 is 0. The minimum atomic E-state index is -1.03. The molecule has 4 nitrogen and oxygen atoms in total. The lowest BCUT2D eigenvalue weighted by molar-refractivity contribution is 0.0652. The van der Waals surface area contributed by atoms with Crippen LogP contribution in [0.25, 0.3) is 0 Å². The van der Waals surface area contributed by atoms with E-state index < -0.39 is 5.97 Å². The summed E-state index contributed by atoms with van der Waals surface area (Å²) in [5.74, 6) is -0.611. The smallest absolute Gasteiger partial charge is 0.336 e. The molecule has 1 saturated carbocycles. The minimum absolute atomic E-state index is 0.0691. The number of carbonyl (C=O) groups excluding carboxylic acids is 1. The Morgan fingerprint density at radius 2 is 1.71 bits per heavy atom. The van der Waals surface area contributed by atoms with Crippen molar-refractivity contribution in [2.75, 3.05) is 6.54 Å². The van der Waals surface area contributed by atoms with Gasteiger partial charge >= 0.3 is 5.97 Å². The monoisotopic (exact) mass is 289 g/mol. The van der Waals surface area contributed by atoms with Gasteiger partial charge < -0.3 is 10.0 Å². The normalized spacial score (nSPS) is 14.3. The van der Waals surface area contributed by atoms with Crippen LogP contribution in [0.2, 0.25) is 0 Å². The van der Waals surface area contributed by atoms with E-state index in [9.17, 15) is 14.7 Å². The number of nitrogens with zero attached hydrogens (tertiary/aromatic N) is 1. The highest BCUT2D eigenvalue weighted by molar-refractivity contribution is 6.06. The number of benzene rings is 1. The van der Waals surface area contributed by atoms with Crippen LogP contribution in [0.4, 0.5) is 0 Å². The van der Waals surface area contributed by atoms with Crippen molar-refractivity contribution in [1.82, 2.24) is 4.90 Å². The second-order valence-corrected chi connectivity index (χ2v) is 6.25. The quantitative estimate of drug-likeness (QED) is 0.905. The SMILES string of the molecule is Cc1ccc(C)c(C(=O)N(CC2CC2)C(C)C)c1C(=O)O.